The topological polar surface area (TPSA) is 66.6 Å². The van der Waals surface area contributed by atoms with Gasteiger partial charge in [-0.3, -0.25) is 10.1 Å². The van der Waals surface area contributed by atoms with Crippen LogP contribution in [-0.2, 0) is 0 Å². The van der Waals surface area contributed by atoms with Gasteiger partial charge in [-0.1, -0.05) is 0 Å². The first-order valence-electron chi connectivity index (χ1n) is 5.60. The summed E-state index contributed by atoms with van der Waals surface area (Å²) < 4.78 is 39.7. The standard InChI is InChI=1S/C11H11F3N2O3/c12-7-5-9(16(18)19)10(17)6-8(7)15-3-1-11(13,14)2-4-15/h5-6,17H,1-4H2. The summed E-state index contributed by atoms with van der Waals surface area (Å²) in [6.45, 7) is -0.137. The van der Waals surface area contributed by atoms with Gasteiger partial charge >= 0.3 is 5.69 Å². The molecule has 5 nitrogen and oxygen atoms in total. The van der Waals surface area contributed by atoms with Crippen molar-refractivity contribution in [2.24, 2.45) is 0 Å². The molecule has 1 heterocycles. The highest BCUT2D eigenvalue weighted by atomic mass is 19.3. The predicted octanol–water partition coefficient (Wildman–Crippen LogP) is 2.68. The number of anilines is 1. The molecule has 0 unspecified atom stereocenters. The number of halogens is 3. The Balaban J connectivity index is 2.27. The average Bonchev–Trinajstić information content (AvgIpc) is 2.31. The average molecular weight is 276 g/mol. The highest BCUT2D eigenvalue weighted by Crippen LogP contribution is 2.36. The van der Waals surface area contributed by atoms with E-state index in [0.29, 0.717) is 6.07 Å². The van der Waals surface area contributed by atoms with Crippen LogP contribution in [0.5, 0.6) is 5.75 Å². The SMILES string of the molecule is O=[N+]([O-])c1cc(F)c(N2CCC(F)(F)CC2)cc1O. The quantitative estimate of drug-likeness (QED) is 0.666. The number of aromatic hydroxyl groups is 1. The Morgan fingerprint density at radius 1 is 1.32 bits per heavy atom. The third-order valence-electron chi connectivity index (χ3n) is 3.08. The van der Waals surface area contributed by atoms with Crippen molar-refractivity contribution in [3.63, 3.8) is 0 Å². The molecule has 0 aliphatic carbocycles. The molecule has 0 radical (unpaired) electrons. The molecular formula is C11H11F3N2O3. The van der Waals surface area contributed by atoms with Crippen molar-refractivity contribution < 1.29 is 23.2 Å². The van der Waals surface area contributed by atoms with Gasteiger partial charge in [0.05, 0.1) is 16.7 Å². The van der Waals surface area contributed by atoms with E-state index in [1.165, 1.54) is 4.90 Å². The molecule has 19 heavy (non-hydrogen) atoms. The lowest BCUT2D eigenvalue weighted by atomic mass is 10.1. The van der Waals surface area contributed by atoms with Gasteiger partial charge in [0.25, 0.3) is 5.92 Å². The molecule has 0 aromatic heterocycles. The van der Waals surface area contributed by atoms with E-state index >= 15 is 0 Å². The Bertz CT molecular complexity index is 512. The lowest BCUT2D eigenvalue weighted by Crippen LogP contribution is -2.39. The van der Waals surface area contributed by atoms with Crippen molar-refractivity contribution in [1.82, 2.24) is 0 Å². The normalized spacial score (nSPS) is 18.4. The van der Waals surface area contributed by atoms with Gasteiger partial charge < -0.3 is 10.0 Å². The van der Waals surface area contributed by atoms with Crippen LogP contribution in [0.2, 0.25) is 0 Å². The van der Waals surface area contributed by atoms with Crippen molar-refractivity contribution in [2.75, 3.05) is 18.0 Å². The largest absolute Gasteiger partial charge is 0.502 e. The number of piperidine rings is 1. The maximum Gasteiger partial charge on any atom is 0.313 e. The number of alkyl halides is 2. The summed E-state index contributed by atoms with van der Waals surface area (Å²) in [5, 5.41) is 19.9. The van der Waals surface area contributed by atoms with Crippen molar-refractivity contribution in [3.8, 4) is 5.75 Å². The number of hydrogen-bond donors (Lipinski definition) is 1. The number of phenols is 1. The zero-order valence-corrected chi connectivity index (χ0v) is 9.78. The molecule has 2 rings (SSSR count). The van der Waals surface area contributed by atoms with Crippen molar-refractivity contribution in [1.29, 1.82) is 0 Å². The van der Waals surface area contributed by atoms with Crippen LogP contribution in [0.4, 0.5) is 24.5 Å². The first-order chi connectivity index (χ1) is 8.80. The van der Waals surface area contributed by atoms with Gasteiger partial charge in [-0.25, -0.2) is 13.2 Å². The summed E-state index contributed by atoms with van der Waals surface area (Å²) in [6.07, 6.45) is -0.825. The smallest absolute Gasteiger partial charge is 0.313 e. The van der Waals surface area contributed by atoms with Crippen LogP contribution in [0.15, 0.2) is 12.1 Å². The molecule has 1 fully saturated rings. The molecule has 0 spiro atoms. The number of nitro benzene ring substituents is 1. The Labute approximate surface area is 106 Å². The lowest BCUT2D eigenvalue weighted by Gasteiger charge is -2.33. The van der Waals surface area contributed by atoms with Gasteiger partial charge in [0, 0.05) is 32.0 Å². The minimum atomic E-state index is -2.77. The number of benzene rings is 1. The molecule has 1 aliphatic heterocycles. The van der Waals surface area contributed by atoms with E-state index in [1.54, 1.807) is 0 Å². The fourth-order valence-electron chi connectivity index (χ4n) is 2.00. The minimum absolute atomic E-state index is 0.0683. The molecule has 0 atom stereocenters. The molecule has 0 bridgehead atoms. The van der Waals surface area contributed by atoms with E-state index in [-0.39, 0.29) is 18.8 Å². The monoisotopic (exact) mass is 276 g/mol. The van der Waals surface area contributed by atoms with Crippen molar-refractivity contribution in [3.05, 3.63) is 28.1 Å². The molecule has 104 valence electrons. The second kappa shape index (κ2) is 4.60. The van der Waals surface area contributed by atoms with E-state index in [0.717, 1.165) is 6.07 Å². The second-order valence-electron chi connectivity index (χ2n) is 4.39. The third kappa shape index (κ3) is 2.72. The summed E-state index contributed by atoms with van der Waals surface area (Å²) in [5.74, 6) is -4.36. The van der Waals surface area contributed by atoms with Gasteiger partial charge in [0.2, 0.25) is 0 Å². The Hall–Kier alpha value is -1.99. The molecule has 1 saturated heterocycles. The van der Waals surface area contributed by atoms with Gasteiger partial charge in [0.15, 0.2) is 11.6 Å². The first-order valence-corrected chi connectivity index (χ1v) is 5.60. The predicted molar refractivity (Wildman–Crippen MR) is 61.1 cm³/mol. The van der Waals surface area contributed by atoms with Crippen LogP contribution in [0, 0.1) is 15.9 Å². The van der Waals surface area contributed by atoms with Gasteiger partial charge in [0.1, 0.15) is 0 Å². The highest BCUT2D eigenvalue weighted by Gasteiger charge is 2.35. The van der Waals surface area contributed by atoms with Crippen LogP contribution >= 0.6 is 0 Å². The van der Waals surface area contributed by atoms with E-state index in [2.05, 4.69) is 0 Å². The maximum atomic E-state index is 13.7. The molecule has 1 aromatic rings. The zero-order valence-electron chi connectivity index (χ0n) is 9.78. The van der Waals surface area contributed by atoms with Gasteiger partial charge in [-0.2, -0.15) is 0 Å². The van der Waals surface area contributed by atoms with E-state index in [1.807, 2.05) is 0 Å². The Morgan fingerprint density at radius 3 is 2.42 bits per heavy atom. The molecule has 1 aliphatic rings. The summed E-state index contributed by atoms with van der Waals surface area (Å²) in [7, 11) is 0. The third-order valence-corrected chi connectivity index (χ3v) is 3.08. The van der Waals surface area contributed by atoms with Crippen LogP contribution in [0.1, 0.15) is 12.8 Å². The minimum Gasteiger partial charge on any atom is -0.502 e. The molecule has 1 N–H and O–H groups in total. The van der Waals surface area contributed by atoms with E-state index < -0.39 is 40.9 Å². The Morgan fingerprint density at radius 2 is 1.89 bits per heavy atom. The molecule has 0 amide bonds. The number of hydrogen-bond acceptors (Lipinski definition) is 4. The number of rotatable bonds is 2. The number of nitro groups is 1. The van der Waals surface area contributed by atoms with Gasteiger partial charge in [-0.15, -0.1) is 0 Å². The Kier molecular flexibility index (Phi) is 3.25. The van der Waals surface area contributed by atoms with E-state index in [4.69, 9.17) is 0 Å². The van der Waals surface area contributed by atoms with Crippen LogP contribution in [0.25, 0.3) is 0 Å². The number of phenolic OH excluding ortho intramolecular Hbond substituents is 1. The number of nitrogens with zero attached hydrogens (tertiary/aromatic N) is 2. The van der Waals surface area contributed by atoms with Crippen LogP contribution in [-0.4, -0.2) is 29.0 Å². The zero-order chi connectivity index (χ0) is 14.2. The summed E-state index contributed by atoms with van der Waals surface area (Å²) >= 11 is 0. The summed E-state index contributed by atoms with van der Waals surface area (Å²) in [5.41, 5.74) is -0.845. The molecular weight excluding hydrogens is 265 g/mol. The summed E-state index contributed by atoms with van der Waals surface area (Å²) in [4.78, 5) is 10.9. The lowest BCUT2D eigenvalue weighted by molar-refractivity contribution is -0.386. The first kappa shape index (κ1) is 13.4. The van der Waals surface area contributed by atoms with E-state index in [9.17, 15) is 28.4 Å². The van der Waals surface area contributed by atoms with Crippen molar-refractivity contribution >= 4 is 11.4 Å². The van der Waals surface area contributed by atoms with Crippen LogP contribution in [0.3, 0.4) is 0 Å². The maximum absolute atomic E-state index is 13.7. The fraction of sp³-hybridized carbons (Fsp3) is 0.455. The van der Waals surface area contributed by atoms with Crippen molar-refractivity contribution in [2.45, 2.75) is 18.8 Å². The fourth-order valence-corrected chi connectivity index (χ4v) is 2.00. The summed E-state index contributed by atoms with van der Waals surface area (Å²) in [6, 6.07) is 1.49. The van der Waals surface area contributed by atoms with Gasteiger partial charge in [-0.05, 0) is 0 Å². The second-order valence-corrected chi connectivity index (χ2v) is 4.39. The molecule has 0 saturated carbocycles. The molecule has 1 aromatic carbocycles. The molecule has 8 heteroatoms. The van der Waals surface area contributed by atoms with Crippen LogP contribution < -0.4 is 4.90 Å². The highest BCUT2D eigenvalue weighted by molar-refractivity contribution is 5.60.